The van der Waals surface area contributed by atoms with Gasteiger partial charge in [-0.2, -0.15) is 5.10 Å². The molecule has 0 unspecified atom stereocenters. The van der Waals surface area contributed by atoms with Crippen LogP contribution >= 0.6 is 0 Å². The molecule has 1 fully saturated rings. The summed E-state index contributed by atoms with van der Waals surface area (Å²) in [5.41, 5.74) is 0.979. The fourth-order valence-electron chi connectivity index (χ4n) is 3.09. The molecule has 4 rings (SSSR count). The van der Waals surface area contributed by atoms with Gasteiger partial charge in [-0.25, -0.2) is 9.67 Å². The number of benzene rings is 1. The van der Waals surface area contributed by atoms with Crippen molar-refractivity contribution in [3.8, 4) is 11.4 Å². The first kappa shape index (κ1) is 15.4. The van der Waals surface area contributed by atoms with Crippen molar-refractivity contribution in [3.63, 3.8) is 0 Å². The van der Waals surface area contributed by atoms with Gasteiger partial charge in [0.15, 0.2) is 5.82 Å². The first-order valence-corrected chi connectivity index (χ1v) is 8.26. The predicted molar refractivity (Wildman–Crippen MR) is 88.2 cm³/mol. The van der Waals surface area contributed by atoms with Crippen LogP contribution in [-0.2, 0) is 11.3 Å². The van der Waals surface area contributed by atoms with E-state index in [1.807, 2.05) is 35.2 Å². The Bertz CT molecular complexity index is 829. The molecular weight excluding hydrogens is 320 g/mol. The lowest BCUT2D eigenvalue weighted by Gasteiger charge is -2.31. The summed E-state index contributed by atoms with van der Waals surface area (Å²) in [6, 6.07) is 9.86. The average molecular weight is 338 g/mol. The molecule has 1 aliphatic heterocycles. The quantitative estimate of drug-likeness (QED) is 0.756. The lowest BCUT2D eigenvalue weighted by atomic mass is 9.97. The first-order chi connectivity index (χ1) is 12.3. The summed E-state index contributed by atoms with van der Waals surface area (Å²) in [5.74, 6) is 1.70. The van der Waals surface area contributed by atoms with Crippen LogP contribution < -0.4 is 0 Å². The van der Waals surface area contributed by atoms with Crippen molar-refractivity contribution < 1.29 is 4.79 Å². The van der Waals surface area contributed by atoms with Crippen LogP contribution in [0.2, 0.25) is 0 Å². The topological polar surface area (TPSA) is 105 Å². The number of amides is 1. The Morgan fingerprint density at radius 1 is 1.28 bits per heavy atom. The summed E-state index contributed by atoms with van der Waals surface area (Å²) in [7, 11) is 0. The minimum Gasteiger partial charge on any atom is -0.340 e. The summed E-state index contributed by atoms with van der Waals surface area (Å²) in [6.45, 7) is 1.53. The van der Waals surface area contributed by atoms with E-state index in [1.54, 1.807) is 0 Å². The van der Waals surface area contributed by atoms with Crippen molar-refractivity contribution >= 4 is 5.91 Å². The molecule has 1 N–H and O–H groups in total. The largest absolute Gasteiger partial charge is 0.340 e. The van der Waals surface area contributed by atoms with Crippen LogP contribution in [0.1, 0.15) is 24.6 Å². The number of rotatable bonds is 4. The number of carbonyl (C=O) groups excluding carboxylic acids is 1. The number of piperidine rings is 1. The second-order valence-corrected chi connectivity index (χ2v) is 6.10. The van der Waals surface area contributed by atoms with Crippen molar-refractivity contribution in [2.75, 3.05) is 13.1 Å². The second-order valence-electron chi connectivity index (χ2n) is 6.10. The lowest BCUT2D eigenvalue weighted by molar-refractivity contribution is -0.133. The molecule has 0 spiro atoms. The Morgan fingerprint density at radius 2 is 2.16 bits per heavy atom. The molecule has 1 aromatic carbocycles. The number of aromatic amines is 1. The lowest BCUT2D eigenvalue weighted by Crippen LogP contribution is -2.41. The standard InChI is InChI=1S/C16H18N8O/c25-14(10-24-11-17-21-22-24)23-8-4-7-13(9-23)16-18-15(19-20-16)12-5-2-1-3-6-12/h1-3,5-6,11,13H,4,7-10H2,(H,18,19,20)/t13-/m1/s1. The van der Waals surface area contributed by atoms with Crippen molar-refractivity contribution in [3.05, 3.63) is 42.5 Å². The first-order valence-electron chi connectivity index (χ1n) is 8.26. The fourth-order valence-corrected chi connectivity index (χ4v) is 3.09. The molecule has 0 aliphatic carbocycles. The van der Waals surface area contributed by atoms with Crippen molar-refractivity contribution in [1.29, 1.82) is 0 Å². The third-order valence-corrected chi connectivity index (χ3v) is 4.38. The monoisotopic (exact) mass is 338 g/mol. The molecule has 25 heavy (non-hydrogen) atoms. The molecule has 2 aromatic heterocycles. The number of carbonyl (C=O) groups is 1. The number of likely N-dealkylation sites (tertiary alicyclic amines) is 1. The Balaban J connectivity index is 1.44. The van der Waals surface area contributed by atoms with Gasteiger partial charge in [0.1, 0.15) is 18.7 Å². The molecule has 1 saturated heterocycles. The Labute approximate surface area is 144 Å². The molecule has 1 amide bonds. The van der Waals surface area contributed by atoms with Crippen LogP contribution in [0.4, 0.5) is 0 Å². The van der Waals surface area contributed by atoms with Crippen LogP contribution in [-0.4, -0.2) is 59.3 Å². The van der Waals surface area contributed by atoms with Gasteiger partial charge >= 0.3 is 0 Å². The van der Waals surface area contributed by atoms with E-state index in [4.69, 9.17) is 0 Å². The van der Waals surface area contributed by atoms with Gasteiger partial charge in [0.05, 0.1) is 0 Å². The highest BCUT2D eigenvalue weighted by molar-refractivity contribution is 5.76. The van der Waals surface area contributed by atoms with E-state index < -0.39 is 0 Å². The zero-order chi connectivity index (χ0) is 17.1. The maximum atomic E-state index is 12.4. The Morgan fingerprint density at radius 3 is 2.96 bits per heavy atom. The summed E-state index contributed by atoms with van der Waals surface area (Å²) >= 11 is 0. The number of aromatic nitrogens is 7. The van der Waals surface area contributed by atoms with Gasteiger partial charge < -0.3 is 4.90 Å². The summed E-state index contributed by atoms with van der Waals surface area (Å²) < 4.78 is 1.44. The highest BCUT2D eigenvalue weighted by Crippen LogP contribution is 2.26. The van der Waals surface area contributed by atoms with Gasteiger partial charge in [-0.15, -0.1) is 5.10 Å². The van der Waals surface area contributed by atoms with E-state index in [2.05, 4.69) is 30.7 Å². The Kier molecular flexibility index (Phi) is 4.19. The average Bonchev–Trinajstić information content (AvgIpc) is 3.34. The third kappa shape index (κ3) is 3.39. The molecule has 1 atom stereocenters. The van der Waals surface area contributed by atoms with Gasteiger partial charge in [0, 0.05) is 24.6 Å². The van der Waals surface area contributed by atoms with Crippen molar-refractivity contribution in [1.82, 2.24) is 40.3 Å². The van der Waals surface area contributed by atoms with E-state index >= 15 is 0 Å². The third-order valence-electron chi connectivity index (χ3n) is 4.38. The highest BCUT2D eigenvalue weighted by Gasteiger charge is 2.27. The summed E-state index contributed by atoms with van der Waals surface area (Å²) in [4.78, 5) is 18.9. The van der Waals surface area contributed by atoms with Crippen molar-refractivity contribution in [2.24, 2.45) is 0 Å². The molecule has 128 valence electrons. The molecule has 9 nitrogen and oxygen atoms in total. The van der Waals surface area contributed by atoms with Crippen LogP contribution in [0, 0.1) is 0 Å². The van der Waals surface area contributed by atoms with Gasteiger partial charge in [-0.1, -0.05) is 30.3 Å². The van der Waals surface area contributed by atoms with E-state index in [0.29, 0.717) is 12.4 Å². The van der Waals surface area contributed by atoms with Crippen molar-refractivity contribution in [2.45, 2.75) is 25.3 Å². The SMILES string of the molecule is O=C(Cn1cnnn1)N1CCC[C@@H](c2nc(-c3ccccc3)n[nH]2)C1. The fraction of sp³-hybridized carbons (Fsp3) is 0.375. The maximum Gasteiger partial charge on any atom is 0.244 e. The molecular formula is C16H18N8O. The molecule has 1 aliphatic rings. The summed E-state index contributed by atoms with van der Waals surface area (Å²) in [5, 5.41) is 18.2. The van der Waals surface area contributed by atoms with Crippen LogP contribution in [0.5, 0.6) is 0 Å². The maximum absolute atomic E-state index is 12.4. The van der Waals surface area contributed by atoms with E-state index in [-0.39, 0.29) is 18.4 Å². The minimum atomic E-state index is 0.0137. The van der Waals surface area contributed by atoms with Gasteiger partial charge in [-0.3, -0.25) is 9.89 Å². The van der Waals surface area contributed by atoms with Gasteiger partial charge in [-0.05, 0) is 23.3 Å². The smallest absolute Gasteiger partial charge is 0.244 e. The van der Waals surface area contributed by atoms with E-state index in [1.165, 1.54) is 11.0 Å². The van der Waals surface area contributed by atoms with Crippen LogP contribution in [0.15, 0.2) is 36.7 Å². The van der Waals surface area contributed by atoms with Crippen LogP contribution in [0.25, 0.3) is 11.4 Å². The number of hydrogen-bond donors (Lipinski definition) is 1. The molecule has 0 saturated carbocycles. The van der Waals surface area contributed by atoms with Gasteiger partial charge in [0.2, 0.25) is 5.91 Å². The molecule has 0 bridgehead atoms. The van der Waals surface area contributed by atoms with Gasteiger partial charge in [0.25, 0.3) is 0 Å². The molecule has 9 heteroatoms. The second kappa shape index (κ2) is 6.80. The molecule has 3 aromatic rings. The normalized spacial score (nSPS) is 17.6. The zero-order valence-electron chi connectivity index (χ0n) is 13.6. The number of tetrazole rings is 1. The molecule has 3 heterocycles. The summed E-state index contributed by atoms with van der Waals surface area (Å²) in [6.07, 6.45) is 3.37. The minimum absolute atomic E-state index is 0.0137. The van der Waals surface area contributed by atoms with E-state index in [0.717, 1.165) is 30.8 Å². The highest BCUT2D eigenvalue weighted by atomic mass is 16.2. The zero-order valence-corrected chi connectivity index (χ0v) is 13.6. The van der Waals surface area contributed by atoms with Crippen LogP contribution in [0.3, 0.4) is 0 Å². The van der Waals surface area contributed by atoms with E-state index in [9.17, 15) is 4.79 Å². The number of nitrogens with zero attached hydrogens (tertiary/aromatic N) is 7. The number of H-pyrrole nitrogens is 1. The molecule has 0 radical (unpaired) electrons. The predicted octanol–water partition coefficient (Wildman–Crippen LogP) is 0.864. The number of nitrogens with one attached hydrogen (secondary N) is 1. The number of hydrogen-bond acceptors (Lipinski definition) is 6. The Hall–Kier alpha value is -3.10.